The third-order valence-corrected chi connectivity index (χ3v) is 9.27. The molecule has 9 rings (SSSR count). The molecule has 0 atom stereocenters. The van der Waals surface area contributed by atoms with Crippen molar-refractivity contribution in [3.05, 3.63) is 176 Å². The molecule has 0 unspecified atom stereocenters. The summed E-state index contributed by atoms with van der Waals surface area (Å²) >= 11 is 0.936. The highest BCUT2D eigenvalue weighted by atomic mass is 32.1. The molecule has 0 aliphatic rings. The minimum absolute atomic E-state index is 0.00496. The topological polar surface area (TPSA) is 38.7 Å². The van der Waals surface area contributed by atoms with E-state index < -0.39 is 54.4 Å². The molecule has 0 radical (unpaired) electrons. The van der Waals surface area contributed by atoms with Gasteiger partial charge in [-0.2, -0.15) is 0 Å². The molecule has 230 valence electrons. The zero-order chi connectivity index (χ0) is 42.1. The van der Waals surface area contributed by atoms with Crippen LogP contribution in [0.25, 0.3) is 87.7 Å². The van der Waals surface area contributed by atoms with Crippen LogP contribution in [0.2, 0.25) is 0 Å². The van der Waals surface area contributed by atoms with Crippen LogP contribution in [0, 0.1) is 0 Å². The Morgan fingerprint density at radius 2 is 1.00 bits per heavy atom. The minimum atomic E-state index is -0.645. The summed E-state index contributed by atoms with van der Waals surface area (Å²) in [5.41, 5.74) is 4.82. The lowest BCUT2D eigenvalue weighted by molar-refractivity contribution is 1.08. The fourth-order valence-corrected chi connectivity index (χ4v) is 6.84. The number of fused-ring (bicyclic) bond motifs is 3. The Morgan fingerprint density at radius 3 is 1.71 bits per heavy atom. The summed E-state index contributed by atoms with van der Waals surface area (Å²) in [6.07, 6.45) is 0. The Bertz CT molecular complexity index is 3180. The fraction of sp³-hybridized carbons (Fsp3) is 0. The molecule has 49 heavy (non-hydrogen) atoms. The molecule has 2 heterocycles. The van der Waals surface area contributed by atoms with E-state index in [-0.39, 0.29) is 66.4 Å². The summed E-state index contributed by atoms with van der Waals surface area (Å²) in [5.74, 6) is 0.575. The van der Waals surface area contributed by atoms with Crippen LogP contribution in [0.5, 0.6) is 0 Å². The predicted octanol–water partition coefficient (Wildman–Crippen LogP) is 12.2. The van der Waals surface area contributed by atoms with Gasteiger partial charge in [0, 0.05) is 36.9 Å². The van der Waals surface area contributed by atoms with Gasteiger partial charge in [0.05, 0.1) is 15.1 Å². The van der Waals surface area contributed by atoms with Crippen molar-refractivity contribution in [1.82, 2.24) is 15.0 Å². The maximum Gasteiger partial charge on any atom is 0.165 e. The summed E-state index contributed by atoms with van der Waals surface area (Å²) in [6, 6.07) is 29.5. The Labute approximate surface area is 304 Å². The van der Waals surface area contributed by atoms with Crippen molar-refractivity contribution in [3.63, 3.8) is 0 Å². The lowest BCUT2D eigenvalue weighted by Gasteiger charge is -2.10. The largest absolute Gasteiger partial charge is 0.208 e. The van der Waals surface area contributed by atoms with Crippen LogP contribution in [0.3, 0.4) is 0 Å². The van der Waals surface area contributed by atoms with Crippen molar-refractivity contribution in [2.45, 2.75) is 0 Å². The molecule has 0 amide bonds. The SMILES string of the molecule is [2H]c1c([2H])c([2H])c(-c2c([2H])c([2H])c3c(sc4c(-c5nc(-c6ccccc6)nc(-c6ccc(-c7cccc(-c8ccccc8)c7)cc6)n5)c([2H])c([2H])c([2H])c43)c2[2H])c([2H])c1[2H]. The van der Waals surface area contributed by atoms with Crippen LogP contribution in [0.15, 0.2) is 176 Å². The third kappa shape index (κ3) is 5.58. The van der Waals surface area contributed by atoms with Gasteiger partial charge in [0.25, 0.3) is 0 Å². The minimum Gasteiger partial charge on any atom is -0.208 e. The lowest BCUT2D eigenvalue weighted by atomic mass is 9.98. The van der Waals surface area contributed by atoms with Gasteiger partial charge in [0.1, 0.15) is 0 Å². The second kappa shape index (κ2) is 12.4. The molecular formula is C45H29N3S. The van der Waals surface area contributed by atoms with Crippen LogP contribution in [-0.4, -0.2) is 15.0 Å². The van der Waals surface area contributed by atoms with E-state index in [1.807, 2.05) is 84.9 Å². The lowest BCUT2D eigenvalue weighted by Crippen LogP contribution is -2.00. The highest BCUT2D eigenvalue weighted by Gasteiger charge is 2.17. The van der Waals surface area contributed by atoms with Crippen LogP contribution in [0.4, 0.5) is 0 Å². The second-order valence-electron chi connectivity index (χ2n) is 11.2. The van der Waals surface area contributed by atoms with Crippen molar-refractivity contribution in [2.24, 2.45) is 0 Å². The molecule has 0 fully saturated rings. The molecule has 0 saturated carbocycles. The molecule has 2 aromatic heterocycles. The first-order valence-corrected chi connectivity index (χ1v) is 16.3. The predicted molar refractivity (Wildman–Crippen MR) is 205 cm³/mol. The highest BCUT2D eigenvalue weighted by molar-refractivity contribution is 7.26. The Hall–Kier alpha value is -6.23. The number of rotatable bonds is 6. The van der Waals surface area contributed by atoms with E-state index in [4.69, 9.17) is 27.3 Å². The molecule has 0 N–H and O–H groups in total. The quantitative estimate of drug-likeness (QED) is 0.179. The van der Waals surface area contributed by atoms with Crippen LogP contribution < -0.4 is 0 Å². The van der Waals surface area contributed by atoms with Gasteiger partial charge in [-0.05, 0) is 51.5 Å². The standard InChI is InChI=1S/C45H29N3S/c1-4-12-30(13-5-1)35-18-10-19-36(28-35)32-22-24-34(25-23-32)44-46-43(33-16-8-3-9-17-33)47-45(48-44)40-21-11-20-39-38-27-26-37(29-41(38)49-42(39)40)31-14-6-2-7-15-31/h1-29H/i2D,6D,7D,11D,14D,15D,20D,21D,26D,27D,29D. The smallest absolute Gasteiger partial charge is 0.165 e. The van der Waals surface area contributed by atoms with Crippen molar-refractivity contribution >= 4 is 31.5 Å². The second-order valence-corrected chi connectivity index (χ2v) is 12.2. The van der Waals surface area contributed by atoms with Crippen LogP contribution >= 0.6 is 11.3 Å². The van der Waals surface area contributed by atoms with E-state index in [9.17, 15) is 2.74 Å². The zero-order valence-electron chi connectivity index (χ0n) is 36.6. The van der Waals surface area contributed by atoms with Gasteiger partial charge in [0.2, 0.25) is 0 Å². The van der Waals surface area contributed by atoms with Gasteiger partial charge in [-0.1, -0.05) is 158 Å². The fourth-order valence-electron chi connectivity index (χ4n) is 5.73. The van der Waals surface area contributed by atoms with Crippen molar-refractivity contribution < 1.29 is 15.1 Å². The Balaban J connectivity index is 1.26. The summed E-state index contributed by atoms with van der Waals surface area (Å²) in [5, 5.41) is 0.0567. The number of benzene rings is 7. The van der Waals surface area contributed by atoms with E-state index in [0.29, 0.717) is 11.1 Å². The van der Waals surface area contributed by atoms with Gasteiger partial charge in [-0.15, -0.1) is 11.3 Å². The summed E-state index contributed by atoms with van der Waals surface area (Å²) < 4.78 is 96.4. The molecule has 3 nitrogen and oxygen atoms in total. The van der Waals surface area contributed by atoms with E-state index >= 15 is 0 Å². The Kier molecular flexibility index (Phi) is 4.96. The van der Waals surface area contributed by atoms with E-state index in [1.165, 1.54) is 0 Å². The van der Waals surface area contributed by atoms with Crippen molar-refractivity contribution in [3.8, 4) is 67.5 Å². The normalized spacial score (nSPS) is 14.4. The molecule has 0 aliphatic heterocycles. The van der Waals surface area contributed by atoms with E-state index in [0.717, 1.165) is 33.6 Å². The van der Waals surface area contributed by atoms with Gasteiger partial charge in [-0.3, -0.25) is 0 Å². The molecule has 0 saturated heterocycles. The highest BCUT2D eigenvalue weighted by Crippen LogP contribution is 2.41. The number of nitrogens with zero attached hydrogens (tertiary/aromatic N) is 3. The number of aromatic nitrogens is 3. The molecule has 0 spiro atoms. The molecular weight excluding hydrogens is 615 g/mol. The molecule has 9 aromatic rings. The molecule has 0 bridgehead atoms. The number of hydrogen-bond donors (Lipinski definition) is 0. The van der Waals surface area contributed by atoms with E-state index in [1.54, 1.807) is 0 Å². The first-order valence-electron chi connectivity index (χ1n) is 21.0. The first kappa shape index (κ1) is 19.6. The number of hydrogen-bond acceptors (Lipinski definition) is 4. The van der Waals surface area contributed by atoms with Gasteiger partial charge in [-0.25, -0.2) is 15.0 Å². The molecule has 0 aliphatic carbocycles. The van der Waals surface area contributed by atoms with Gasteiger partial charge >= 0.3 is 0 Å². The monoisotopic (exact) mass is 654 g/mol. The average Bonchev–Trinajstić information content (AvgIpc) is 3.69. The van der Waals surface area contributed by atoms with Gasteiger partial charge in [0.15, 0.2) is 17.5 Å². The van der Waals surface area contributed by atoms with E-state index in [2.05, 4.69) is 24.3 Å². The van der Waals surface area contributed by atoms with Crippen molar-refractivity contribution in [1.29, 1.82) is 0 Å². The van der Waals surface area contributed by atoms with Crippen LogP contribution in [-0.2, 0) is 0 Å². The summed E-state index contributed by atoms with van der Waals surface area (Å²) in [6.45, 7) is 0. The first-order chi connectivity index (χ1) is 28.8. The van der Waals surface area contributed by atoms with Crippen molar-refractivity contribution in [2.75, 3.05) is 0 Å². The molecule has 7 aromatic carbocycles. The number of thiophene rings is 1. The summed E-state index contributed by atoms with van der Waals surface area (Å²) in [7, 11) is 0. The Morgan fingerprint density at radius 1 is 0.408 bits per heavy atom. The van der Waals surface area contributed by atoms with Gasteiger partial charge < -0.3 is 0 Å². The summed E-state index contributed by atoms with van der Waals surface area (Å²) in [4.78, 5) is 14.5. The van der Waals surface area contributed by atoms with Crippen LogP contribution in [0.1, 0.15) is 15.1 Å². The zero-order valence-corrected chi connectivity index (χ0v) is 26.5. The third-order valence-electron chi connectivity index (χ3n) is 8.15. The average molecular weight is 655 g/mol. The maximum absolute atomic E-state index is 9.29. The maximum atomic E-state index is 9.29. The molecule has 4 heteroatoms.